The molecule has 104 valence electrons. The van der Waals surface area contributed by atoms with Gasteiger partial charge >= 0.3 is 0 Å². The molecule has 2 saturated heterocycles. The van der Waals surface area contributed by atoms with E-state index in [9.17, 15) is 0 Å². The molecule has 2 rings (SSSR count). The Hall–Kier alpha value is -0.890. The molecule has 2 aliphatic rings. The quantitative estimate of drug-likeness (QED) is 0.284. The van der Waals surface area contributed by atoms with Crippen LogP contribution in [0.2, 0.25) is 0 Å². The van der Waals surface area contributed by atoms with Crippen LogP contribution in [0.15, 0.2) is 5.16 Å². The van der Waals surface area contributed by atoms with Gasteiger partial charge in [-0.3, -0.25) is 9.80 Å². The molecule has 0 aromatic rings. The summed E-state index contributed by atoms with van der Waals surface area (Å²) in [6.07, 6.45) is -0.284. The van der Waals surface area contributed by atoms with Crippen molar-refractivity contribution in [3.63, 3.8) is 0 Å². The number of amidine groups is 1. The zero-order valence-electron chi connectivity index (χ0n) is 10.6. The van der Waals surface area contributed by atoms with Gasteiger partial charge in [-0.2, -0.15) is 0 Å². The highest BCUT2D eigenvalue weighted by atomic mass is 16.5. The zero-order valence-corrected chi connectivity index (χ0v) is 10.6. The summed E-state index contributed by atoms with van der Waals surface area (Å²) in [6, 6.07) is 0. The van der Waals surface area contributed by atoms with Crippen LogP contribution < -0.4 is 5.73 Å². The van der Waals surface area contributed by atoms with Crippen LogP contribution in [0, 0.1) is 0 Å². The predicted molar refractivity (Wildman–Crippen MR) is 66.8 cm³/mol. The van der Waals surface area contributed by atoms with Crippen molar-refractivity contribution in [1.82, 2.24) is 9.80 Å². The van der Waals surface area contributed by atoms with E-state index >= 15 is 0 Å². The molecule has 0 radical (unpaired) electrons. The van der Waals surface area contributed by atoms with Crippen LogP contribution in [0.1, 0.15) is 0 Å². The number of oxime groups is 1. The van der Waals surface area contributed by atoms with Gasteiger partial charge in [0.15, 0.2) is 5.84 Å². The first-order chi connectivity index (χ1) is 8.79. The van der Waals surface area contributed by atoms with E-state index < -0.39 is 0 Å². The van der Waals surface area contributed by atoms with Crippen LogP contribution in [0.4, 0.5) is 0 Å². The average Bonchev–Trinajstić information content (AvgIpc) is 2.45. The highest BCUT2D eigenvalue weighted by Gasteiger charge is 2.24. The van der Waals surface area contributed by atoms with Crippen molar-refractivity contribution < 1.29 is 14.7 Å². The smallest absolute Gasteiger partial charge is 0.169 e. The number of hydrogen-bond donors (Lipinski definition) is 2. The van der Waals surface area contributed by atoms with Crippen molar-refractivity contribution in [2.24, 2.45) is 10.9 Å². The molecular weight excluding hydrogens is 236 g/mol. The Kier molecular flexibility index (Phi) is 5.18. The fourth-order valence-electron chi connectivity index (χ4n) is 2.26. The third kappa shape index (κ3) is 3.81. The lowest BCUT2D eigenvalue weighted by Gasteiger charge is -2.34. The Labute approximate surface area is 107 Å². The molecule has 2 heterocycles. The third-order valence-corrected chi connectivity index (χ3v) is 3.43. The van der Waals surface area contributed by atoms with Gasteiger partial charge in [0.05, 0.1) is 19.8 Å². The van der Waals surface area contributed by atoms with E-state index in [0.717, 1.165) is 45.9 Å². The SMILES string of the molecule is NC(=NO)C1CN(CCN2CCOCC2)CCO1. The number of morpholine rings is 2. The molecule has 1 atom stereocenters. The molecule has 0 aromatic heterocycles. The molecular formula is C11H22N4O3. The van der Waals surface area contributed by atoms with Crippen LogP contribution in [0.5, 0.6) is 0 Å². The van der Waals surface area contributed by atoms with E-state index in [1.807, 2.05) is 0 Å². The van der Waals surface area contributed by atoms with Gasteiger partial charge in [-0.1, -0.05) is 5.16 Å². The van der Waals surface area contributed by atoms with E-state index in [2.05, 4.69) is 15.0 Å². The summed E-state index contributed by atoms with van der Waals surface area (Å²) in [6.45, 7) is 7.92. The molecule has 2 fully saturated rings. The zero-order chi connectivity index (χ0) is 12.8. The fraction of sp³-hybridized carbons (Fsp3) is 0.909. The summed E-state index contributed by atoms with van der Waals surface area (Å²) in [5.74, 6) is 0.158. The molecule has 0 saturated carbocycles. The van der Waals surface area contributed by atoms with Gasteiger partial charge in [0.25, 0.3) is 0 Å². The van der Waals surface area contributed by atoms with Gasteiger partial charge in [0, 0.05) is 39.3 Å². The van der Waals surface area contributed by atoms with E-state index in [1.54, 1.807) is 0 Å². The monoisotopic (exact) mass is 258 g/mol. The lowest BCUT2D eigenvalue weighted by atomic mass is 10.2. The summed E-state index contributed by atoms with van der Waals surface area (Å²) in [5, 5.41) is 11.7. The van der Waals surface area contributed by atoms with Crippen LogP contribution >= 0.6 is 0 Å². The van der Waals surface area contributed by atoms with Crippen molar-refractivity contribution in [1.29, 1.82) is 0 Å². The van der Waals surface area contributed by atoms with Crippen molar-refractivity contribution in [2.45, 2.75) is 6.10 Å². The molecule has 18 heavy (non-hydrogen) atoms. The van der Waals surface area contributed by atoms with Gasteiger partial charge < -0.3 is 20.4 Å². The molecule has 0 spiro atoms. The lowest BCUT2D eigenvalue weighted by molar-refractivity contribution is -0.00660. The summed E-state index contributed by atoms with van der Waals surface area (Å²) in [7, 11) is 0. The minimum absolute atomic E-state index is 0.158. The summed E-state index contributed by atoms with van der Waals surface area (Å²) in [4.78, 5) is 4.69. The Morgan fingerprint density at radius 1 is 1.17 bits per heavy atom. The molecule has 0 bridgehead atoms. The van der Waals surface area contributed by atoms with Gasteiger partial charge in [-0.05, 0) is 0 Å². The molecule has 0 amide bonds. The van der Waals surface area contributed by atoms with Gasteiger partial charge in [-0.25, -0.2) is 0 Å². The molecule has 7 heteroatoms. The number of nitrogens with zero attached hydrogens (tertiary/aromatic N) is 3. The van der Waals surface area contributed by atoms with Crippen molar-refractivity contribution >= 4 is 5.84 Å². The molecule has 3 N–H and O–H groups in total. The number of ether oxygens (including phenoxy) is 2. The largest absolute Gasteiger partial charge is 0.409 e. The van der Waals surface area contributed by atoms with Crippen LogP contribution in [0.3, 0.4) is 0 Å². The maximum atomic E-state index is 8.65. The molecule has 0 aliphatic carbocycles. The third-order valence-electron chi connectivity index (χ3n) is 3.43. The van der Waals surface area contributed by atoms with Crippen molar-refractivity contribution in [3.05, 3.63) is 0 Å². The standard InChI is InChI=1S/C11H22N4O3/c12-11(13-16)10-9-15(5-8-18-10)2-1-14-3-6-17-7-4-14/h10,16H,1-9H2,(H2,12,13). The molecule has 1 unspecified atom stereocenters. The van der Waals surface area contributed by atoms with Crippen LogP contribution in [-0.4, -0.2) is 86.0 Å². The van der Waals surface area contributed by atoms with Crippen LogP contribution in [0.25, 0.3) is 0 Å². The second-order valence-electron chi connectivity index (χ2n) is 4.64. The topological polar surface area (TPSA) is 83.6 Å². The van der Waals surface area contributed by atoms with Gasteiger partial charge in [-0.15, -0.1) is 0 Å². The van der Waals surface area contributed by atoms with Gasteiger partial charge in [0.2, 0.25) is 0 Å². The Morgan fingerprint density at radius 2 is 1.83 bits per heavy atom. The summed E-state index contributed by atoms with van der Waals surface area (Å²) < 4.78 is 10.8. The second kappa shape index (κ2) is 6.89. The van der Waals surface area contributed by atoms with Gasteiger partial charge in [0.1, 0.15) is 6.10 Å². The van der Waals surface area contributed by atoms with Crippen molar-refractivity contribution in [3.8, 4) is 0 Å². The van der Waals surface area contributed by atoms with E-state index in [4.69, 9.17) is 20.4 Å². The van der Waals surface area contributed by atoms with E-state index in [1.165, 1.54) is 0 Å². The molecule has 7 nitrogen and oxygen atoms in total. The maximum Gasteiger partial charge on any atom is 0.169 e. The second-order valence-corrected chi connectivity index (χ2v) is 4.64. The average molecular weight is 258 g/mol. The first kappa shape index (κ1) is 13.5. The Balaban J connectivity index is 1.72. The molecule has 0 aromatic carbocycles. The van der Waals surface area contributed by atoms with E-state index in [0.29, 0.717) is 13.2 Å². The molecule has 2 aliphatic heterocycles. The number of nitrogens with two attached hydrogens (primary N) is 1. The first-order valence-electron chi connectivity index (χ1n) is 6.41. The predicted octanol–water partition coefficient (Wildman–Crippen LogP) is -1.23. The highest BCUT2D eigenvalue weighted by molar-refractivity contribution is 5.84. The van der Waals surface area contributed by atoms with Crippen LogP contribution in [-0.2, 0) is 9.47 Å². The maximum absolute atomic E-state index is 8.65. The highest BCUT2D eigenvalue weighted by Crippen LogP contribution is 2.06. The number of rotatable bonds is 4. The summed E-state index contributed by atoms with van der Waals surface area (Å²) >= 11 is 0. The fourth-order valence-corrected chi connectivity index (χ4v) is 2.26. The summed E-state index contributed by atoms with van der Waals surface area (Å²) in [5.41, 5.74) is 5.57. The normalized spacial score (nSPS) is 28.4. The van der Waals surface area contributed by atoms with E-state index in [-0.39, 0.29) is 11.9 Å². The lowest BCUT2D eigenvalue weighted by Crippen LogP contribution is -2.50. The Bertz CT molecular complexity index is 281. The first-order valence-corrected chi connectivity index (χ1v) is 6.41. The minimum Gasteiger partial charge on any atom is -0.409 e. The van der Waals surface area contributed by atoms with Crippen molar-refractivity contribution in [2.75, 3.05) is 59.1 Å². The minimum atomic E-state index is -0.284. The number of hydrogen-bond acceptors (Lipinski definition) is 6. The Morgan fingerprint density at radius 3 is 2.56 bits per heavy atom.